The third-order valence-electron chi connectivity index (χ3n) is 5.08. The van der Waals surface area contributed by atoms with Crippen molar-refractivity contribution in [3.63, 3.8) is 0 Å². The Labute approximate surface area is 189 Å². The van der Waals surface area contributed by atoms with E-state index < -0.39 is 16.1 Å². The van der Waals surface area contributed by atoms with Crippen LogP contribution in [0.2, 0.25) is 0 Å². The number of carbonyl (C=O) groups excluding carboxylic acids is 1. The number of para-hydroxylation sites is 1. The van der Waals surface area contributed by atoms with Gasteiger partial charge >= 0.3 is 0 Å². The molecule has 3 rings (SSSR count). The summed E-state index contributed by atoms with van der Waals surface area (Å²) in [6, 6.07) is 19.1. The molecule has 0 radical (unpaired) electrons. The lowest BCUT2D eigenvalue weighted by Gasteiger charge is -2.17. The number of benzene rings is 3. The first-order valence-electron chi connectivity index (χ1n) is 10.4. The zero-order valence-electron chi connectivity index (χ0n) is 18.7. The molecule has 0 bridgehead atoms. The van der Waals surface area contributed by atoms with E-state index in [1.54, 1.807) is 25.1 Å². The fourth-order valence-electron chi connectivity index (χ4n) is 3.25. The predicted octanol–water partition coefficient (Wildman–Crippen LogP) is 5.07. The normalized spacial score (nSPS) is 12.1. The zero-order valence-corrected chi connectivity index (χ0v) is 19.5. The van der Waals surface area contributed by atoms with Gasteiger partial charge < -0.3 is 10.1 Å². The molecule has 1 atom stereocenters. The lowest BCUT2D eigenvalue weighted by atomic mass is 10.1. The summed E-state index contributed by atoms with van der Waals surface area (Å²) < 4.78 is 33.9. The van der Waals surface area contributed by atoms with Crippen LogP contribution in [-0.4, -0.2) is 20.4 Å². The van der Waals surface area contributed by atoms with Crippen LogP contribution < -0.4 is 14.8 Å². The van der Waals surface area contributed by atoms with E-state index in [4.69, 9.17) is 4.74 Å². The van der Waals surface area contributed by atoms with Crippen LogP contribution in [0, 0.1) is 13.8 Å². The molecule has 7 heteroatoms. The standard InChI is InChI=1S/C25H28N2O4S/c1-5-20-8-6-7-9-24(20)31-19(4)25(28)26-21-11-13-22(14-12-21)32(29,30)27-23-15-10-17(2)16-18(23)3/h6-16,19,27H,5H2,1-4H3,(H,26,28)/t19-/m1/s1. The van der Waals surface area contributed by atoms with Crippen molar-refractivity contribution in [3.05, 3.63) is 83.4 Å². The average molecular weight is 453 g/mol. The Morgan fingerprint density at radius 2 is 1.69 bits per heavy atom. The first-order valence-corrected chi connectivity index (χ1v) is 11.9. The largest absolute Gasteiger partial charge is 0.481 e. The van der Waals surface area contributed by atoms with E-state index in [1.807, 2.05) is 57.2 Å². The molecule has 0 saturated heterocycles. The van der Waals surface area contributed by atoms with Crippen LogP contribution >= 0.6 is 0 Å². The smallest absolute Gasteiger partial charge is 0.265 e. The van der Waals surface area contributed by atoms with Crippen molar-refractivity contribution in [2.24, 2.45) is 0 Å². The monoisotopic (exact) mass is 452 g/mol. The van der Waals surface area contributed by atoms with Crippen molar-refractivity contribution < 1.29 is 17.9 Å². The Kier molecular flexibility index (Phi) is 7.20. The first-order chi connectivity index (χ1) is 15.2. The zero-order chi connectivity index (χ0) is 23.3. The fourth-order valence-corrected chi connectivity index (χ4v) is 4.38. The van der Waals surface area contributed by atoms with Gasteiger partial charge in [-0.2, -0.15) is 0 Å². The lowest BCUT2D eigenvalue weighted by molar-refractivity contribution is -0.122. The molecule has 0 aromatic heterocycles. The van der Waals surface area contributed by atoms with Crippen molar-refractivity contribution in [1.82, 2.24) is 0 Å². The molecule has 1 amide bonds. The van der Waals surface area contributed by atoms with Crippen LogP contribution in [0.15, 0.2) is 71.6 Å². The molecule has 0 heterocycles. The molecule has 32 heavy (non-hydrogen) atoms. The van der Waals surface area contributed by atoms with Crippen molar-refractivity contribution in [2.45, 2.75) is 45.1 Å². The number of sulfonamides is 1. The predicted molar refractivity (Wildman–Crippen MR) is 128 cm³/mol. The van der Waals surface area contributed by atoms with E-state index in [0.717, 1.165) is 23.1 Å². The minimum absolute atomic E-state index is 0.108. The van der Waals surface area contributed by atoms with Crippen LogP contribution in [0.5, 0.6) is 5.75 Å². The Bertz CT molecular complexity index is 1200. The molecule has 3 aromatic rings. The summed E-state index contributed by atoms with van der Waals surface area (Å²) in [5.74, 6) is 0.358. The maximum absolute atomic E-state index is 12.7. The summed E-state index contributed by atoms with van der Waals surface area (Å²) in [4.78, 5) is 12.6. The highest BCUT2D eigenvalue weighted by molar-refractivity contribution is 7.92. The van der Waals surface area contributed by atoms with Gasteiger partial charge in [0.25, 0.3) is 15.9 Å². The van der Waals surface area contributed by atoms with Crippen LogP contribution in [-0.2, 0) is 21.2 Å². The molecule has 168 valence electrons. The Balaban J connectivity index is 1.66. The summed E-state index contributed by atoms with van der Waals surface area (Å²) in [6.07, 6.45) is 0.0913. The highest BCUT2D eigenvalue weighted by Gasteiger charge is 2.18. The quantitative estimate of drug-likeness (QED) is 0.500. The van der Waals surface area contributed by atoms with E-state index in [1.165, 1.54) is 12.1 Å². The van der Waals surface area contributed by atoms with Gasteiger partial charge in [0, 0.05) is 5.69 Å². The van der Waals surface area contributed by atoms with Crippen molar-refractivity contribution >= 4 is 27.3 Å². The van der Waals surface area contributed by atoms with Gasteiger partial charge in [0.05, 0.1) is 10.6 Å². The van der Waals surface area contributed by atoms with Gasteiger partial charge in [0.2, 0.25) is 0 Å². The van der Waals surface area contributed by atoms with Crippen molar-refractivity contribution in [2.75, 3.05) is 10.0 Å². The second kappa shape index (κ2) is 9.87. The molecule has 0 fully saturated rings. The van der Waals surface area contributed by atoms with Gasteiger partial charge in [0.1, 0.15) is 5.75 Å². The van der Waals surface area contributed by atoms with E-state index >= 15 is 0 Å². The lowest BCUT2D eigenvalue weighted by Crippen LogP contribution is -2.30. The number of rotatable bonds is 8. The van der Waals surface area contributed by atoms with Crippen LogP contribution in [0.1, 0.15) is 30.5 Å². The molecule has 0 aliphatic rings. The third kappa shape index (κ3) is 5.68. The molecule has 0 spiro atoms. The van der Waals surface area contributed by atoms with Gasteiger partial charge in [0.15, 0.2) is 6.10 Å². The molecular formula is C25H28N2O4S. The van der Waals surface area contributed by atoms with E-state index in [-0.39, 0.29) is 10.8 Å². The summed E-state index contributed by atoms with van der Waals surface area (Å²) in [5.41, 5.74) is 3.95. The maximum Gasteiger partial charge on any atom is 0.265 e. The second-order valence-corrected chi connectivity index (χ2v) is 9.34. The SMILES string of the molecule is CCc1ccccc1O[C@H](C)C(=O)Nc1ccc(S(=O)(=O)Nc2ccc(C)cc2C)cc1. The summed E-state index contributed by atoms with van der Waals surface area (Å²) in [5, 5.41) is 2.76. The van der Waals surface area contributed by atoms with E-state index in [0.29, 0.717) is 17.1 Å². The first kappa shape index (κ1) is 23.3. The highest BCUT2D eigenvalue weighted by atomic mass is 32.2. The highest BCUT2D eigenvalue weighted by Crippen LogP contribution is 2.23. The minimum Gasteiger partial charge on any atom is -0.481 e. The summed E-state index contributed by atoms with van der Waals surface area (Å²) in [7, 11) is -3.75. The molecule has 3 aromatic carbocycles. The number of nitrogens with one attached hydrogen (secondary N) is 2. The second-order valence-electron chi connectivity index (χ2n) is 7.66. The number of aryl methyl sites for hydroxylation is 3. The van der Waals surface area contributed by atoms with Crippen molar-refractivity contribution in [3.8, 4) is 5.75 Å². The minimum atomic E-state index is -3.75. The van der Waals surface area contributed by atoms with Gasteiger partial charge in [-0.1, -0.05) is 42.8 Å². The Morgan fingerprint density at radius 3 is 2.34 bits per heavy atom. The molecule has 0 aliphatic carbocycles. The van der Waals surface area contributed by atoms with Crippen molar-refractivity contribution in [1.29, 1.82) is 0 Å². The van der Waals surface area contributed by atoms with Gasteiger partial charge in [-0.3, -0.25) is 9.52 Å². The molecular weight excluding hydrogens is 424 g/mol. The molecule has 0 saturated carbocycles. The number of hydrogen-bond donors (Lipinski definition) is 2. The van der Waals surface area contributed by atoms with Crippen LogP contribution in [0.4, 0.5) is 11.4 Å². The topological polar surface area (TPSA) is 84.5 Å². The number of amides is 1. The Hall–Kier alpha value is -3.32. The summed E-state index contributed by atoms with van der Waals surface area (Å²) in [6.45, 7) is 7.50. The molecule has 6 nitrogen and oxygen atoms in total. The van der Waals surface area contributed by atoms with Gasteiger partial charge in [-0.15, -0.1) is 0 Å². The average Bonchev–Trinajstić information content (AvgIpc) is 2.76. The molecule has 0 unspecified atom stereocenters. The van der Waals surface area contributed by atoms with Crippen LogP contribution in [0.3, 0.4) is 0 Å². The third-order valence-corrected chi connectivity index (χ3v) is 6.47. The molecule has 2 N–H and O–H groups in total. The van der Waals surface area contributed by atoms with Crippen LogP contribution in [0.25, 0.3) is 0 Å². The Morgan fingerprint density at radius 1 is 1.00 bits per heavy atom. The molecule has 0 aliphatic heterocycles. The number of ether oxygens (including phenoxy) is 1. The number of anilines is 2. The van der Waals surface area contributed by atoms with E-state index in [2.05, 4.69) is 10.0 Å². The number of hydrogen-bond acceptors (Lipinski definition) is 4. The van der Waals surface area contributed by atoms with E-state index in [9.17, 15) is 13.2 Å². The number of carbonyl (C=O) groups is 1. The fraction of sp³-hybridized carbons (Fsp3) is 0.240. The summed E-state index contributed by atoms with van der Waals surface area (Å²) >= 11 is 0. The maximum atomic E-state index is 12.7. The van der Waals surface area contributed by atoms with Gasteiger partial charge in [-0.05, 0) is 74.7 Å². The van der Waals surface area contributed by atoms with Gasteiger partial charge in [-0.25, -0.2) is 8.42 Å².